The van der Waals surface area contributed by atoms with Crippen LogP contribution in [0.4, 0.5) is 4.39 Å². The average Bonchev–Trinajstić information content (AvgIpc) is 2.51. The molecule has 2 aromatic rings. The quantitative estimate of drug-likeness (QED) is 0.630. The number of nitrogens with zero attached hydrogens (tertiary/aromatic N) is 1. The lowest BCUT2D eigenvalue weighted by atomic mass is 9.61. The van der Waals surface area contributed by atoms with E-state index in [4.69, 9.17) is 4.11 Å². The van der Waals surface area contributed by atoms with Crippen LogP contribution in [0.5, 0.6) is 0 Å². The molecule has 1 heterocycles. The Morgan fingerprint density at radius 3 is 2.55 bits per heavy atom. The lowest BCUT2D eigenvalue weighted by Crippen LogP contribution is -2.34. The Morgan fingerprint density at radius 2 is 1.82 bits per heavy atom. The van der Waals surface area contributed by atoms with Crippen LogP contribution >= 0.6 is 0 Å². The molecule has 0 N–H and O–H groups in total. The number of halogens is 1. The highest BCUT2D eigenvalue weighted by Gasteiger charge is 2.38. The second-order valence-electron chi connectivity index (χ2n) is 7.55. The normalized spacial score (nSPS) is 21.4. The zero-order chi connectivity index (χ0) is 18.6. The number of hydrogen-bond acceptors (Lipinski definition) is 1. The highest BCUT2D eigenvalue weighted by atomic mass is 19.1. The number of aryl methyl sites for hydroxylation is 1. The van der Waals surface area contributed by atoms with Gasteiger partial charge in [-0.3, -0.25) is 0 Å². The summed E-state index contributed by atoms with van der Waals surface area (Å²) < 4.78 is 37.1. The van der Waals surface area contributed by atoms with Gasteiger partial charge in [0.15, 0.2) is 0 Å². The molecule has 2 heteroatoms. The van der Waals surface area contributed by atoms with E-state index in [1.165, 1.54) is 11.8 Å². The van der Waals surface area contributed by atoms with Gasteiger partial charge in [-0.2, -0.15) is 4.39 Å². The van der Waals surface area contributed by atoms with Gasteiger partial charge in [0.1, 0.15) is 0 Å². The van der Waals surface area contributed by atoms with Gasteiger partial charge in [-0.25, -0.2) is 4.98 Å². The molecule has 22 heavy (non-hydrogen) atoms. The predicted octanol–water partition coefficient (Wildman–Crippen LogP) is 5.55. The van der Waals surface area contributed by atoms with Crippen LogP contribution < -0.4 is 0 Å². The molecular weight excluding hydrogens is 273 g/mol. The molecule has 116 valence electrons. The van der Waals surface area contributed by atoms with E-state index in [9.17, 15) is 4.39 Å². The number of hydrogen-bond donors (Lipinski definition) is 0. The van der Waals surface area contributed by atoms with Crippen molar-refractivity contribution in [3.63, 3.8) is 0 Å². The molecule has 1 aliphatic carbocycles. The van der Waals surface area contributed by atoms with Crippen molar-refractivity contribution in [2.45, 2.75) is 58.2 Å². The van der Waals surface area contributed by atoms with Crippen molar-refractivity contribution in [1.82, 2.24) is 4.98 Å². The number of rotatable bonds is 1. The second-order valence-corrected chi connectivity index (χ2v) is 7.55. The highest BCUT2D eigenvalue weighted by Crippen LogP contribution is 2.49. The monoisotopic (exact) mass is 300 g/mol. The summed E-state index contributed by atoms with van der Waals surface area (Å²) in [7, 11) is 0. The largest absolute Gasteiger partial charge is 0.228 e. The summed E-state index contributed by atoms with van der Waals surface area (Å²) in [6, 6.07) is 7.07. The van der Waals surface area contributed by atoms with E-state index < -0.39 is 12.8 Å². The molecule has 1 nitrogen and oxygen atoms in total. The molecule has 1 aromatic carbocycles. The first-order chi connectivity index (χ1) is 11.4. The molecule has 0 saturated heterocycles. The summed E-state index contributed by atoms with van der Waals surface area (Å²) in [6.07, 6.45) is 3.45. The Hall–Kier alpha value is -1.70. The highest BCUT2D eigenvalue weighted by molar-refractivity contribution is 5.73. The van der Waals surface area contributed by atoms with Gasteiger partial charge in [-0.15, -0.1) is 0 Å². The molecule has 1 aromatic heterocycles. The fourth-order valence-corrected chi connectivity index (χ4v) is 3.60. The van der Waals surface area contributed by atoms with Crippen LogP contribution in [0.25, 0.3) is 11.1 Å². The minimum absolute atomic E-state index is 0.0209. The number of pyridine rings is 1. The summed E-state index contributed by atoms with van der Waals surface area (Å²) in [5.41, 5.74) is 3.72. The lowest BCUT2D eigenvalue weighted by molar-refractivity contribution is 0.333. The van der Waals surface area contributed by atoms with Crippen molar-refractivity contribution in [3.05, 3.63) is 53.1 Å². The van der Waals surface area contributed by atoms with Crippen LogP contribution in [-0.4, -0.2) is 4.98 Å². The molecule has 0 amide bonds. The molecule has 0 bridgehead atoms. The van der Waals surface area contributed by atoms with Crippen molar-refractivity contribution in [3.8, 4) is 11.1 Å². The molecule has 0 unspecified atom stereocenters. The first kappa shape index (κ1) is 11.8. The lowest BCUT2D eigenvalue weighted by Gasteiger charge is -2.43. The number of fused-ring (bicyclic) bond motifs is 1. The molecule has 0 atom stereocenters. The van der Waals surface area contributed by atoms with Gasteiger partial charge in [0.05, 0.1) is 0 Å². The third-order valence-electron chi connectivity index (χ3n) is 5.01. The van der Waals surface area contributed by atoms with Gasteiger partial charge in [0, 0.05) is 15.9 Å². The average molecular weight is 300 g/mol. The Morgan fingerprint density at radius 1 is 1.09 bits per heavy atom. The van der Waals surface area contributed by atoms with Crippen LogP contribution in [0.2, 0.25) is 0 Å². The van der Waals surface area contributed by atoms with Crippen LogP contribution in [-0.2, 0) is 10.8 Å². The molecule has 0 saturated carbocycles. The maximum Gasteiger partial charge on any atom is 0.213 e. The van der Waals surface area contributed by atoms with E-state index in [0.717, 1.165) is 30.0 Å². The van der Waals surface area contributed by atoms with Gasteiger partial charge in [-0.1, -0.05) is 45.9 Å². The van der Waals surface area contributed by atoms with E-state index in [1.54, 1.807) is 0 Å². The van der Waals surface area contributed by atoms with Crippen LogP contribution in [0.3, 0.4) is 0 Å². The smallest absolute Gasteiger partial charge is 0.213 e. The van der Waals surface area contributed by atoms with Crippen LogP contribution in [0.1, 0.15) is 61.3 Å². The second kappa shape index (κ2) is 4.91. The van der Waals surface area contributed by atoms with Crippen molar-refractivity contribution in [1.29, 1.82) is 0 Å². The third kappa shape index (κ3) is 2.35. The minimum atomic E-state index is -2.39. The van der Waals surface area contributed by atoms with Gasteiger partial charge in [-0.05, 0) is 58.8 Å². The van der Waals surface area contributed by atoms with E-state index in [0.29, 0.717) is 5.56 Å². The molecule has 3 rings (SSSR count). The summed E-state index contributed by atoms with van der Waals surface area (Å²) in [5.74, 6) is -0.765. The molecular formula is C20H24FN. The van der Waals surface area contributed by atoms with Crippen molar-refractivity contribution >= 4 is 0 Å². The first-order valence-electron chi connectivity index (χ1n) is 9.24. The fraction of sp³-hybridized carbons (Fsp3) is 0.450. The van der Waals surface area contributed by atoms with E-state index in [1.807, 2.05) is 12.1 Å². The molecule has 0 spiro atoms. The SMILES string of the molecule is [2H]C([2H])([2H])c1cc(F)ncc1-c1cccc2c1C(C)(C)CCC2(C)C. The topological polar surface area (TPSA) is 12.9 Å². The Labute approximate surface area is 136 Å². The van der Waals surface area contributed by atoms with Crippen molar-refractivity contribution < 1.29 is 8.50 Å². The number of aromatic nitrogens is 1. The van der Waals surface area contributed by atoms with Gasteiger partial charge < -0.3 is 0 Å². The van der Waals surface area contributed by atoms with E-state index >= 15 is 0 Å². The third-order valence-corrected chi connectivity index (χ3v) is 5.01. The van der Waals surface area contributed by atoms with Crippen molar-refractivity contribution in [2.24, 2.45) is 0 Å². The summed E-state index contributed by atoms with van der Waals surface area (Å²) in [4.78, 5) is 3.75. The first-order valence-corrected chi connectivity index (χ1v) is 7.74. The van der Waals surface area contributed by atoms with Gasteiger partial charge in [0.25, 0.3) is 0 Å². The molecule has 0 aliphatic heterocycles. The molecule has 1 aliphatic rings. The van der Waals surface area contributed by atoms with Crippen LogP contribution in [0.15, 0.2) is 30.5 Å². The summed E-state index contributed by atoms with van der Waals surface area (Å²) in [6.45, 7) is 6.43. The summed E-state index contributed by atoms with van der Waals surface area (Å²) in [5, 5.41) is 0. The van der Waals surface area contributed by atoms with Crippen molar-refractivity contribution in [2.75, 3.05) is 0 Å². The fourth-order valence-electron chi connectivity index (χ4n) is 3.60. The molecule has 0 fully saturated rings. The van der Waals surface area contributed by atoms with Gasteiger partial charge >= 0.3 is 0 Å². The van der Waals surface area contributed by atoms with E-state index in [-0.39, 0.29) is 16.4 Å². The maximum atomic E-state index is 13.6. The van der Waals surface area contributed by atoms with Crippen LogP contribution in [0, 0.1) is 12.8 Å². The summed E-state index contributed by atoms with van der Waals surface area (Å²) >= 11 is 0. The predicted molar refractivity (Wildman–Crippen MR) is 89.7 cm³/mol. The zero-order valence-electron chi connectivity index (χ0n) is 16.6. The Balaban J connectivity index is 2.35. The minimum Gasteiger partial charge on any atom is -0.228 e. The van der Waals surface area contributed by atoms with Gasteiger partial charge in [0.2, 0.25) is 5.95 Å². The Bertz CT molecular complexity index is 822. The molecule has 0 radical (unpaired) electrons. The Kier molecular flexibility index (Phi) is 2.63. The maximum absolute atomic E-state index is 13.6. The number of benzene rings is 1. The standard InChI is InChI=1S/C20H24FN/c1-13-11-17(21)22-12-15(13)14-7-6-8-16-18(14)20(4,5)10-9-19(16,2)3/h6-8,11-12H,9-10H2,1-5H3/i1D3. The van der Waals surface area contributed by atoms with E-state index in [2.05, 4.69) is 38.7 Å². The zero-order valence-corrected chi connectivity index (χ0v) is 13.6.